The van der Waals surface area contributed by atoms with Crippen molar-refractivity contribution in [1.29, 1.82) is 0 Å². The summed E-state index contributed by atoms with van der Waals surface area (Å²) in [6.07, 6.45) is 0.334. The fourth-order valence-corrected chi connectivity index (χ4v) is 7.67. The molecule has 1 aromatic heterocycles. The van der Waals surface area contributed by atoms with E-state index in [4.69, 9.17) is 0 Å². The van der Waals surface area contributed by atoms with Crippen LogP contribution < -0.4 is 5.32 Å². The molecule has 1 aromatic carbocycles. The molecule has 1 aliphatic carbocycles. The molecule has 30 heavy (non-hydrogen) atoms. The third-order valence-electron chi connectivity index (χ3n) is 5.39. The van der Waals surface area contributed by atoms with Crippen LogP contribution in [0.3, 0.4) is 0 Å². The summed E-state index contributed by atoms with van der Waals surface area (Å²) >= 11 is 12.1. The summed E-state index contributed by atoms with van der Waals surface area (Å²) in [4.78, 5) is 29.5. The van der Waals surface area contributed by atoms with E-state index in [0.29, 0.717) is 18.5 Å². The molecule has 2 aliphatic rings. The summed E-state index contributed by atoms with van der Waals surface area (Å²) in [5, 5.41) is 3.06. The quantitative estimate of drug-likeness (QED) is 0.498. The lowest BCUT2D eigenvalue weighted by Gasteiger charge is -2.34. The number of nitrogens with one attached hydrogen (secondary N) is 1. The first kappa shape index (κ1) is 24.4. The van der Waals surface area contributed by atoms with Crippen LogP contribution in [-0.4, -0.2) is 54.2 Å². The zero-order valence-corrected chi connectivity index (χ0v) is 22.4. The van der Waals surface area contributed by atoms with Gasteiger partial charge in [-0.05, 0) is 43.5 Å². The molecule has 1 aliphatic heterocycles. The minimum Gasteiger partial charge on any atom is -0.348 e. The molecule has 10 heteroatoms. The van der Waals surface area contributed by atoms with Gasteiger partial charge in [-0.15, -0.1) is 23.7 Å². The maximum Gasteiger partial charge on any atom is 0.234 e. The van der Waals surface area contributed by atoms with Gasteiger partial charge < -0.3 is 5.32 Å². The second-order valence-electron chi connectivity index (χ2n) is 7.33. The molecule has 0 bridgehead atoms. The van der Waals surface area contributed by atoms with Crippen LogP contribution in [0.5, 0.6) is 0 Å². The number of piperazine rings is 1. The third kappa shape index (κ3) is 5.36. The van der Waals surface area contributed by atoms with Crippen molar-refractivity contribution in [2.24, 2.45) is 0 Å². The summed E-state index contributed by atoms with van der Waals surface area (Å²) < 4.78 is 2.89. The highest BCUT2D eigenvalue weighted by Crippen LogP contribution is 2.46. The van der Waals surface area contributed by atoms with Crippen LogP contribution in [-0.2, 0) is 11.3 Å². The van der Waals surface area contributed by atoms with Gasteiger partial charge in [0.05, 0.1) is 20.2 Å². The van der Waals surface area contributed by atoms with Crippen molar-refractivity contribution in [3.8, 4) is 0 Å². The van der Waals surface area contributed by atoms with Crippen molar-refractivity contribution >= 4 is 83.2 Å². The van der Waals surface area contributed by atoms with Crippen LogP contribution in [0.1, 0.15) is 33.9 Å². The molecule has 1 N–H and O–H groups in total. The summed E-state index contributed by atoms with van der Waals surface area (Å²) in [5.41, 5.74) is 2.92. The standard InChI is InChI=1S/C20H20Br3N3O2S.ClH/c21-13-4-2-1-3-12(13)10-25-5-7-26(8-6-25)11-16(28)24-14-9-15(27)18-17(14)19(22)29-20(18)23;/h1-4,14H,5-11H2,(H,24,28);1H. The van der Waals surface area contributed by atoms with Crippen molar-refractivity contribution in [3.05, 3.63) is 53.0 Å². The van der Waals surface area contributed by atoms with E-state index in [9.17, 15) is 9.59 Å². The molecule has 0 radical (unpaired) electrons. The van der Waals surface area contributed by atoms with Gasteiger partial charge in [-0.3, -0.25) is 19.4 Å². The van der Waals surface area contributed by atoms with Crippen molar-refractivity contribution in [3.63, 3.8) is 0 Å². The lowest BCUT2D eigenvalue weighted by Crippen LogP contribution is -2.49. The van der Waals surface area contributed by atoms with Gasteiger partial charge in [0, 0.05) is 54.7 Å². The maximum absolute atomic E-state index is 12.6. The summed E-state index contributed by atoms with van der Waals surface area (Å²) in [5.74, 6) is 0.0592. The number of halogens is 4. The first-order chi connectivity index (χ1) is 13.9. The number of fused-ring (bicyclic) bond motifs is 1. The molecular formula is C20H21Br3ClN3O2S. The smallest absolute Gasteiger partial charge is 0.234 e. The van der Waals surface area contributed by atoms with Crippen molar-refractivity contribution in [1.82, 2.24) is 15.1 Å². The van der Waals surface area contributed by atoms with Gasteiger partial charge in [0.1, 0.15) is 0 Å². The number of ketones is 1. The monoisotopic (exact) mass is 639 g/mol. The zero-order chi connectivity index (χ0) is 20.5. The second kappa shape index (κ2) is 10.6. The average molecular weight is 643 g/mol. The molecule has 1 amide bonds. The molecule has 1 saturated heterocycles. The highest BCUT2D eigenvalue weighted by atomic mass is 79.9. The van der Waals surface area contributed by atoms with Crippen LogP contribution in [0.25, 0.3) is 0 Å². The first-order valence-electron chi connectivity index (χ1n) is 9.40. The first-order valence-corrected chi connectivity index (χ1v) is 12.6. The largest absolute Gasteiger partial charge is 0.348 e. The van der Waals surface area contributed by atoms with Crippen LogP contribution in [0, 0.1) is 0 Å². The number of amides is 1. The van der Waals surface area contributed by atoms with Gasteiger partial charge in [0.2, 0.25) is 5.91 Å². The molecule has 2 aromatic rings. The molecule has 162 valence electrons. The second-order valence-corrected chi connectivity index (χ2v) is 11.8. The van der Waals surface area contributed by atoms with E-state index < -0.39 is 0 Å². The fraction of sp³-hybridized carbons (Fsp3) is 0.400. The highest BCUT2D eigenvalue weighted by Gasteiger charge is 2.36. The lowest BCUT2D eigenvalue weighted by atomic mass is 10.2. The minimum atomic E-state index is -0.237. The summed E-state index contributed by atoms with van der Waals surface area (Å²) in [6, 6.07) is 8.06. The molecule has 0 saturated carbocycles. The van der Waals surface area contributed by atoms with E-state index in [1.807, 2.05) is 6.07 Å². The lowest BCUT2D eigenvalue weighted by molar-refractivity contribution is -0.123. The third-order valence-corrected chi connectivity index (χ3v) is 8.74. The highest BCUT2D eigenvalue weighted by molar-refractivity contribution is 9.12. The van der Waals surface area contributed by atoms with E-state index in [1.165, 1.54) is 16.9 Å². The van der Waals surface area contributed by atoms with E-state index in [1.54, 1.807) is 0 Å². The predicted molar refractivity (Wildman–Crippen MR) is 133 cm³/mol. The van der Waals surface area contributed by atoms with Crippen molar-refractivity contribution in [2.75, 3.05) is 32.7 Å². The van der Waals surface area contributed by atoms with Crippen molar-refractivity contribution < 1.29 is 9.59 Å². The van der Waals surface area contributed by atoms with Gasteiger partial charge in [0.25, 0.3) is 0 Å². The molecule has 1 atom stereocenters. The van der Waals surface area contributed by atoms with Crippen LogP contribution in [0.4, 0.5) is 0 Å². The Hall–Kier alpha value is -0.290. The Morgan fingerprint density at radius 3 is 2.43 bits per heavy atom. The number of rotatable bonds is 5. The van der Waals surface area contributed by atoms with E-state index >= 15 is 0 Å². The minimum absolute atomic E-state index is 0. The SMILES string of the molecule is Cl.O=C(CN1CCN(Cc2ccccc2Br)CC1)NC1CC(=O)c2c(Br)sc(Br)c21. The van der Waals surface area contributed by atoms with Gasteiger partial charge in [-0.25, -0.2) is 0 Å². The molecular weight excluding hydrogens is 621 g/mol. The normalized spacial score (nSPS) is 19.4. The van der Waals surface area contributed by atoms with Crippen LogP contribution >= 0.6 is 71.5 Å². The van der Waals surface area contributed by atoms with E-state index in [2.05, 4.69) is 81.1 Å². The number of hydrogen-bond acceptors (Lipinski definition) is 5. The summed E-state index contributed by atoms with van der Waals surface area (Å²) in [6.45, 7) is 4.87. The Kier molecular flexibility index (Phi) is 8.57. The number of nitrogens with zero attached hydrogens (tertiary/aromatic N) is 2. The number of hydrogen-bond donors (Lipinski definition) is 1. The van der Waals surface area contributed by atoms with Gasteiger partial charge in [-0.1, -0.05) is 34.1 Å². The number of benzene rings is 1. The fourth-order valence-electron chi connectivity index (χ4n) is 3.89. The summed E-state index contributed by atoms with van der Waals surface area (Å²) in [7, 11) is 0. The Balaban J connectivity index is 0.00000256. The van der Waals surface area contributed by atoms with Gasteiger partial charge in [0.15, 0.2) is 5.78 Å². The molecule has 1 fully saturated rings. The number of thiophene rings is 1. The van der Waals surface area contributed by atoms with E-state index in [0.717, 1.165) is 50.3 Å². The van der Waals surface area contributed by atoms with Gasteiger partial charge >= 0.3 is 0 Å². The molecule has 2 heterocycles. The molecule has 5 nitrogen and oxygen atoms in total. The van der Waals surface area contributed by atoms with Crippen molar-refractivity contribution in [2.45, 2.75) is 19.0 Å². The number of Topliss-reactive ketones (excluding diaryl/α,β-unsaturated/α-hetero) is 1. The Morgan fingerprint density at radius 2 is 1.73 bits per heavy atom. The maximum atomic E-state index is 12.6. The molecule has 0 spiro atoms. The number of carbonyl (C=O) groups excluding carboxylic acids is 2. The Bertz CT molecular complexity index is 947. The predicted octanol–water partition coefficient (Wildman–Crippen LogP) is 5.02. The molecule has 4 rings (SSSR count). The zero-order valence-electron chi connectivity index (χ0n) is 16.0. The number of carbonyl (C=O) groups is 2. The van der Waals surface area contributed by atoms with Gasteiger partial charge in [-0.2, -0.15) is 0 Å². The van der Waals surface area contributed by atoms with E-state index in [-0.39, 0.29) is 30.1 Å². The Labute approximate surface area is 211 Å². The van der Waals surface area contributed by atoms with Crippen LogP contribution in [0.15, 0.2) is 36.3 Å². The Morgan fingerprint density at radius 1 is 1.07 bits per heavy atom. The van der Waals surface area contributed by atoms with Crippen LogP contribution in [0.2, 0.25) is 0 Å². The topological polar surface area (TPSA) is 52.7 Å². The average Bonchev–Trinajstić information content (AvgIpc) is 3.16. The molecule has 1 unspecified atom stereocenters.